The number of pyridine rings is 1. The fourth-order valence-electron chi connectivity index (χ4n) is 10.1. The number of amides is 1. The maximum atomic E-state index is 17.4. The van der Waals surface area contributed by atoms with Crippen molar-refractivity contribution in [1.29, 1.82) is 0 Å². The van der Waals surface area contributed by atoms with Crippen molar-refractivity contribution in [1.82, 2.24) is 35.4 Å². The Hall–Kier alpha value is -4.05. The Balaban J connectivity index is 1.15. The van der Waals surface area contributed by atoms with Gasteiger partial charge in [0.1, 0.15) is 22.4 Å². The molecule has 5 unspecified atom stereocenters. The highest BCUT2D eigenvalue weighted by atomic mass is 35.5. The van der Waals surface area contributed by atoms with Crippen LogP contribution in [0.25, 0.3) is 33.1 Å². The monoisotopic (exact) mass is 778 g/mol. The highest BCUT2D eigenvalue weighted by molar-refractivity contribution is 6.35. The molecule has 14 nitrogen and oxygen atoms in total. The van der Waals surface area contributed by atoms with Crippen molar-refractivity contribution in [2.24, 2.45) is 5.41 Å². The first-order chi connectivity index (χ1) is 26.6. The van der Waals surface area contributed by atoms with Crippen molar-refractivity contribution in [2.45, 2.75) is 95.6 Å². The van der Waals surface area contributed by atoms with Gasteiger partial charge in [-0.3, -0.25) is 10.00 Å². The third-order valence-corrected chi connectivity index (χ3v) is 13.0. The van der Waals surface area contributed by atoms with Gasteiger partial charge in [-0.2, -0.15) is 15.1 Å². The first-order valence-corrected chi connectivity index (χ1v) is 19.9. The number of alkyl carbamates (subject to hydrolysis) is 1. The minimum absolute atomic E-state index is 0.0206. The molecule has 1 spiro atoms. The number of anilines is 1. The molecule has 16 heteroatoms. The highest BCUT2D eigenvalue weighted by Gasteiger charge is 2.51. The second-order valence-electron chi connectivity index (χ2n) is 16.2. The van der Waals surface area contributed by atoms with E-state index in [1.54, 1.807) is 6.20 Å². The molecule has 2 N–H and O–H groups in total. The average molecular weight is 779 g/mol. The van der Waals surface area contributed by atoms with Gasteiger partial charge in [0.25, 0.3) is 0 Å². The number of aromatic amines is 1. The first-order valence-electron chi connectivity index (χ1n) is 19.5. The molecule has 4 aliphatic heterocycles. The van der Waals surface area contributed by atoms with Crippen molar-refractivity contribution in [3.8, 4) is 23.1 Å². The molecule has 9 rings (SSSR count). The number of methoxy groups -OCH3 is 1. The molecule has 0 radical (unpaired) electrons. The summed E-state index contributed by atoms with van der Waals surface area (Å²) < 4.78 is 47.9. The number of hydrogen-bond acceptors (Lipinski definition) is 12. The van der Waals surface area contributed by atoms with Crippen LogP contribution in [0.2, 0.25) is 5.02 Å². The lowest BCUT2D eigenvalue weighted by Gasteiger charge is -2.51. The summed E-state index contributed by atoms with van der Waals surface area (Å²) in [6, 6.07) is 2.74. The number of hydrogen-bond donors (Lipinski definition) is 2. The number of rotatable bonds is 7. The minimum Gasteiger partial charge on any atom is -0.480 e. The summed E-state index contributed by atoms with van der Waals surface area (Å²) in [6.45, 7) is 9.04. The van der Waals surface area contributed by atoms with E-state index in [1.807, 2.05) is 17.9 Å². The lowest BCUT2D eigenvalue weighted by Crippen LogP contribution is -2.57. The number of benzene rings is 1. The molecule has 1 saturated carbocycles. The number of fused-ring (bicyclic) bond motifs is 3. The van der Waals surface area contributed by atoms with Crippen LogP contribution in [0.15, 0.2) is 12.3 Å². The predicted octanol–water partition coefficient (Wildman–Crippen LogP) is 5.96. The number of nitrogens with zero attached hydrogens (tertiary/aromatic N) is 6. The van der Waals surface area contributed by atoms with E-state index < -0.39 is 17.5 Å². The number of halogens is 2. The fraction of sp³-hybridized carbons (Fsp3) is 0.615. The van der Waals surface area contributed by atoms with Crippen LogP contribution in [0.1, 0.15) is 64.4 Å². The van der Waals surface area contributed by atoms with Crippen molar-refractivity contribution < 1.29 is 32.9 Å². The Morgan fingerprint density at radius 1 is 1.13 bits per heavy atom. The SMILES string of the molecule is COc1nc(-c2c(Cl)c(C)cc3[nH]ncc23)c(F)c2nc(OCC34CCCC3N(C3CC(C)OC(C)C3)CCC4)nc(N3CCOCC4(CNC(=O)O4)C3)c12. The van der Waals surface area contributed by atoms with Crippen molar-refractivity contribution in [3.05, 3.63) is 28.7 Å². The lowest BCUT2D eigenvalue weighted by molar-refractivity contribution is -0.0967. The minimum atomic E-state index is -0.978. The molecule has 4 saturated heterocycles. The van der Waals surface area contributed by atoms with E-state index >= 15 is 4.39 Å². The van der Waals surface area contributed by atoms with E-state index in [0.29, 0.717) is 59.1 Å². The maximum Gasteiger partial charge on any atom is 0.408 e. The third kappa shape index (κ3) is 6.40. The van der Waals surface area contributed by atoms with Gasteiger partial charge in [-0.1, -0.05) is 18.0 Å². The highest BCUT2D eigenvalue weighted by Crippen LogP contribution is 2.50. The average Bonchev–Trinajstić information content (AvgIpc) is 3.87. The van der Waals surface area contributed by atoms with E-state index in [1.165, 1.54) is 7.11 Å². The Labute approximate surface area is 323 Å². The van der Waals surface area contributed by atoms with Crippen LogP contribution in [0.5, 0.6) is 11.9 Å². The van der Waals surface area contributed by atoms with Crippen LogP contribution >= 0.6 is 11.6 Å². The molecule has 1 aliphatic carbocycles. The van der Waals surface area contributed by atoms with Crippen molar-refractivity contribution in [2.75, 3.05) is 58.0 Å². The van der Waals surface area contributed by atoms with Crippen LogP contribution in [0, 0.1) is 18.2 Å². The van der Waals surface area contributed by atoms with Gasteiger partial charge in [0.2, 0.25) is 5.88 Å². The maximum absolute atomic E-state index is 17.4. The molecule has 0 bridgehead atoms. The number of ether oxygens (including phenoxy) is 5. The molecular weight excluding hydrogens is 731 g/mol. The smallest absolute Gasteiger partial charge is 0.408 e. The second kappa shape index (κ2) is 14.2. The molecule has 55 heavy (non-hydrogen) atoms. The number of aromatic nitrogens is 5. The largest absolute Gasteiger partial charge is 0.480 e. The summed E-state index contributed by atoms with van der Waals surface area (Å²) >= 11 is 6.91. The standard InChI is InChI=1S/C39H48ClFN8O6/c1-21-13-26-25(16-43-47-26)28(30(21)40)32-31(41)33-29(35(44-32)51-4)34(48-11-12-52-20-39(18-48)17-42-37(50)55-39)46-36(45-33)53-19-38-8-5-7-27(38)49(10-6-9-38)24-14-22(2)54-23(3)15-24/h13,16,22-24,27H,5-12,14-15,17-20H2,1-4H3,(H,42,50)(H,43,47). The van der Waals surface area contributed by atoms with Crippen LogP contribution in [-0.4, -0.2) is 119 Å². The summed E-state index contributed by atoms with van der Waals surface area (Å²) in [5, 5.41) is 11.1. The van der Waals surface area contributed by atoms with Crippen LogP contribution in [-0.2, 0) is 14.2 Å². The van der Waals surface area contributed by atoms with Gasteiger partial charge in [-0.15, -0.1) is 0 Å². The molecular formula is C39H48ClFN8O6. The Morgan fingerprint density at radius 3 is 2.73 bits per heavy atom. The van der Waals surface area contributed by atoms with Crippen LogP contribution in [0.3, 0.4) is 0 Å². The van der Waals surface area contributed by atoms with Gasteiger partial charge in [0.15, 0.2) is 11.4 Å². The van der Waals surface area contributed by atoms with E-state index in [2.05, 4.69) is 34.3 Å². The van der Waals surface area contributed by atoms with Gasteiger partial charge < -0.3 is 33.9 Å². The molecule has 5 aliphatic rings. The zero-order valence-corrected chi connectivity index (χ0v) is 32.5. The lowest BCUT2D eigenvalue weighted by atomic mass is 9.74. The van der Waals surface area contributed by atoms with Gasteiger partial charge >= 0.3 is 12.1 Å². The topological polar surface area (TPSA) is 149 Å². The molecule has 3 aromatic heterocycles. The Morgan fingerprint density at radius 2 is 1.95 bits per heavy atom. The number of aryl methyl sites for hydroxylation is 1. The summed E-state index contributed by atoms with van der Waals surface area (Å²) in [6.07, 6.45) is 8.96. The molecule has 7 heterocycles. The zero-order chi connectivity index (χ0) is 38.1. The molecule has 1 amide bonds. The quantitative estimate of drug-likeness (QED) is 0.228. The number of piperidine rings is 1. The zero-order valence-electron chi connectivity index (χ0n) is 31.8. The summed E-state index contributed by atoms with van der Waals surface area (Å²) in [4.78, 5) is 31.5. The number of likely N-dealkylation sites (tertiary alicyclic amines) is 1. The Bertz CT molecular complexity index is 2130. The van der Waals surface area contributed by atoms with Gasteiger partial charge in [0.05, 0.1) is 69.0 Å². The molecule has 4 aromatic rings. The Kier molecular flexibility index (Phi) is 9.42. The summed E-state index contributed by atoms with van der Waals surface area (Å²) in [7, 11) is 1.48. The van der Waals surface area contributed by atoms with Crippen LogP contribution in [0.4, 0.5) is 15.0 Å². The van der Waals surface area contributed by atoms with E-state index in [0.717, 1.165) is 57.1 Å². The summed E-state index contributed by atoms with van der Waals surface area (Å²) in [5.41, 5.74) is 0.683. The van der Waals surface area contributed by atoms with E-state index in [9.17, 15) is 4.79 Å². The fourth-order valence-corrected chi connectivity index (χ4v) is 10.4. The summed E-state index contributed by atoms with van der Waals surface area (Å²) in [5.74, 6) is -0.236. The molecule has 1 aromatic carbocycles. The molecule has 294 valence electrons. The first kappa shape index (κ1) is 36.6. The van der Waals surface area contributed by atoms with E-state index in [-0.39, 0.29) is 65.8 Å². The molecule has 5 atom stereocenters. The van der Waals surface area contributed by atoms with Crippen molar-refractivity contribution >= 4 is 45.3 Å². The van der Waals surface area contributed by atoms with Crippen LogP contribution < -0.4 is 19.7 Å². The van der Waals surface area contributed by atoms with Crippen molar-refractivity contribution in [3.63, 3.8) is 0 Å². The van der Waals surface area contributed by atoms with Gasteiger partial charge in [0, 0.05) is 35.0 Å². The third-order valence-electron chi connectivity index (χ3n) is 12.5. The predicted molar refractivity (Wildman–Crippen MR) is 203 cm³/mol. The number of nitrogens with one attached hydrogen (secondary N) is 2. The number of H-pyrrole nitrogens is 1. The molecule has 5 fully saturated rings. The van der Waals surface area contributed by atoms with Gasteiger partial charge in [-0.25, -0.2) is 14.2 Å². The number of carbonyl (C=O) groups is 1. The number of carbonyl (C=O) groups excluding carboxylic acids is 1. The normalized spacial score (nSPS) is 30.1. The van der Waals surface area contributed by atoms with E-state index in [4.69, 9.17) is 50.2 Å². The van der Waals surface area contributed by atoms with Gasteiger partial charge in [-0.05, 0) is 77.5 Å². The second-order valence-corrected chi connectivity index (χ2v) is 16.6.